The van der Waals surface area contributed by atoms with Crippen LogP contribution in [0.25, 0.3) is 6.08 Å². The zero-order valence-electron chi connectivity index (χ0n) is 13.6. The lowest BCUT2D eigenvalue weighted by molar-refractivity contribution is -0.136. The molecule has 3 heterocycles. The summed E-state index contributed by atoms with van der Waals surface area (Å²) in [6, 6.07) is 2.27. The van der Waals surface area contributed by atoms with Crippen molar-refractivity contribution in [2.75, 3.05) is 18.0 Å². The summed E-state index contributed by atoms with van der Waals surface area (Å²) in [7, 11) is 0. The fourth-order valence-corrected chi connectivity index (χ4v) is 4.12. The van der Waals surface area contributed by atoms with E-state index in [2.05, 4.69) is 43.9 Å². The number of ether oxygens (including phenoxy) is 1. The van der Waals surface area contributed by atoms with Crippen LogP contribution in [0.5, 0.6) is 5.75 Å². The van der Waals surface area contributed by atoms with Crippen LogP contribution in [0.1, 0.15) is 56.2 Å². The van der Waals surface area contributed by atoms with Gasteiger partial charge in [-0.3, -0.25) is 4.79 Å². The van der Waals surface area contributed by atoms with E-state index in [9.17, 15) is 4.79 Å². The molecule has 0 saturated carbocycles. The Morgan fingerprint density at radius 3 is 2.91 bits per heavy atom. The minimum atomic E-state index is -0.0768. The Morgan fingerprint density at radius 1 is 1.32 bits per heavy atom. The second kappa shape index (κ2) is 4.61. The van der Waals surface area contributed by atoms with Gasteiger partial charge in [0.05, 0.1) is 12.1 Å². The third-order valence-corrected chi connectivity index (χ3v) is 5.21. The predicted octanol–water partition coefficient (Wildman–Crippen LogP) is 3.90. The predicted molar refractivity (Wildman–Crippen MR) is 88.5 cm³/mol. The summed E-state index contributed by atoms with van der Waals surface area (Å²) >= 11 is 0. The Labute approximate surface area is 132 Å². The number of rotatable bonds is 0. The van der Waals surface area contributed by atoms with E-state index in [-0.39, 0.29) is 17.3 Å². The van der Waals surface area contributed by atoms with Gasteiger partial charge in [-0.15, -0.1) is 0 Å². The van der Waals surface area contributed by atoms with E-state index >= 15 is 0 Å². The van der Waals surface area contributed by atoms with Crippen molar-refractivity contribution < 1.29 is 9.53 Å². The van der Waals surface area contributed by atoms with E-state index in [1.807, 2.05) is 0 Å². The van der Waals surface area contributed by atoms with E-state index in [0.717, 1.165) is 31.7 Å². The molecule has 0 aromatic heterocycles. The number of anilines is 1. The van der Waals surface area contributed by atoms with Crippen molar-refractivity contribution in [1.29, 1.82) is 0 Å². The Balaban J connectivity index is 1.97. The number of hydrogen-bond donors (Lipinski definition) is 0. The van der Waals surface area contributed by atoms with Crippen molar-refractivity contribution >= 4 is 17.7 Å². The number of fused-ring (bicyclic) bond motifs is 2. The highest BCUT2D eigenvalue weighted by Crippen LogP contribution is 2.51. The minimum Gasteiger partial charge on any atom is -0.426 e. The fourth-order valence-electron chi connectivity index (χ4n) is 4.12. The van der Waals surface area contributed by atoms with E-state index in [1.54, 1.807) is 0 Å². The average molecular weight is 297 g/mol. The fraction of sp³-hybridized carbons (Fsp3) is 0.526. The lowest BCUT2D eigenvalue weighted by atomic mass is 9.72. The summed E-state index contributed by atoms with van der Waals surface area (Å²) in [6.45, 7) is 8.71. The molecule has 1 unspecified atom stereocenters. The minimum absolute atomic E-state index is 0.0574. The molecule has 0 saturated heterocycles. The summed E-state index contributed by atoms with van der Waals surface area (Å²) in [4.78, 5) is 14.6. The molecule has 22 heavy (non-hydrogen) atoms. The summed E-state index contributed by atoms with van der Waals surface area (Å²) in [5.41, 5.74) is 5.14. The van der Waals surface area contributed by atoms with Crippen molar-refractivity contribution in [1.82, 2.24) is 0 Å². The van der Waals surface area contributed by atoms with Gasteiger partial charge in [0.15, 0.2) is 0 Å². The van der Waals surface area contributed by atoms with Crippen LogP contribution >= 0.6 is 0 Å². The van der Waals surface area contributed by atoms with Gasteiger partial charge in [0.2, 0.25) is 0 Å². The number of benzene rings is 1. The van der Waals surface area contributed by atoms with Gasteiger partial charge in [-0.1, -0.05) is 32.9 Å². The summed E-state index contributed by atoms with van der Waals surface area (Å²) < 4.78 is 5.74. The third-order valence-electron chi connectivity index (χ3n) is 5.21. The molecule has 1 aromatic rings. The Hall–Kier alpha value is -1.77. The smallest absolute Gasteiger partial charge is 0.311 e. The van der Waals surface area contributed by atoms with Crippen molar-refractivity contribution in [2.45, 2.75) is 46.0 Å². The van der Waals surface area contributed by atoms with Gasteiger partial charge in [0, 0.05) is 30.1 Å². The standard InChI is InChI=1S/C19H23NO2/c1-19(2,3)15-11-16(21)22-18-13-7-5-9-20-8-4-6-12(17(13)20)10-14(15)18/h4,6,10,15H,5,7-9,11H2,1-3H3. The first-order valence-electron chi connectivity index (χ1n) is 8.27. The van der Waals surface area contributed by atoms with E-state index in [0.29, 0.717) is 6.42 Å². The topological polar surface area (TPSA) is 29.5 Å². The van der Waals surface area contributed by atoms with Gasteiger partial charge < -0.3 is 9.64 Å². The van der Waals surface area contributed by atoms with Crippen LogP contribution in [0.15, 0.2) is 12.1 Å². The molecule has 3 aliphatic heterocycles. The van der Waals surface area contributed by atoms with Gasteiger partial charge in [0.25, 0.3) is 0 Å². The van der Waals surface area contributed by atoms with Crippen molar-refractivity contribution in [3.63, 3.8) is 0 Å². The molecule has 0 aliphatic carbocycles. The van der Waals surface area contributed by atoms with E-state index in [1.165, 1.54) is 22.4 Å². The molecule has 0 fully saturated rings. The van der Waals surface area contributed by atoms with Crippen LogP contribution in [0.3, 0.4) is 0 Å². The van der Waals surface area contributed by atoms with Crippen molar-refractivity contribution in [3.8, 4) is 5.75 Å². The third kappa shape index (κ3) is 1.98. The molecule has 3 nitrogen and oxygen atoms in total. The number of carbonyl (C=O) groups is 1. The summed E-state index contributed by atoms with van der Waals surface area (Å²) in [5, 5.41) is 0. The first-order chi connectivity index (χ1) is 10.4. The highest BCUT2D eigenvalue weighted by Gasteiger charge is 2.39. The normalized spacial score (nSPS) is 23.0. The van der Waals surface area contributed by atoms with Crippen LogP contribution in [0.4, 0.5) is 5.69 Å². The van der Waals surface area contributed by atoms with Crippen molar-refractivity contribution in [2.24, 2.45) is 5.41 Å². The Bertz CT molecular complexity index is 682. The largest absolute Gasteiger partial charge is 0.426 e. The highest BCUT2D eigenvalue weighted by molar-refractivity contribution is 5.84. The van der Waals surface area contributed by atoms with Crippen molar-refractivity contribution in [3.05, 3.63) is 28.8 Å². The first-order valence-corrected chi connectivity index (χ1v) is 8.27. The van der Waals surface area contributed by atoms with Crippen LogP contribution in [0, 0.1) is 5.41 Å². The second-order valence-corrected chi connectivity index (χ2v) is 7.76. The molecule has 3 aliphatic rings. The molecule has 1 atom stereocenters. The Kier molecular flexibility index (Phi) is 2.91. The van der Waals surface area contributed by atoms with E-state index in [4.69, 9.17) is 4.74 Å². The molecule has 0 amide bonds. The maximum Gasteiger partial charge on any atom is 0.311 e. The zero-order chi connectivity index (χ0) is 15.5. The van der Waals surface area contributed by atoms with Crippen LogP contribution in [0.2, 0.25) is 0 Å². The van der Waals surface area contributed by atoms with Gasteiger partial charge in [-0.25, -0.2) is 0 Å². The molecule has 0 spiro atoms. The van der Waals surface area contributed by atoms with E-state index < -0.39 is 0 Å². The number of carbonyl (C=O) groups excluding carboxylic acids is 1. The molecule has 0 radical (unpaired) electrons. The van der Waals surface area contributed by atoms with Crippen LogP contribution in [-0.2, 0) is 11.2 Å². The maximum atomic E-state index is 12.2. The molecular weight excluding hydrogens is 274 g/mol. The Morgan fingerprint density at radius 2 is 2.14 bits per heavy atom. The van der Waals surface area contributed by atoms with Gasteiger partial charge in [-0.2, -0.15) is 0 Å². The van der Waals surface area contributed by atoms with Gasteiger partial charge >= 0.3 is 5.97 Å². The lowest BCUT2D eigenvalue weighted by Gasteiger charge is -2.40. The molecule has 116 valence electrons. The SMILES string of the molecule is CC(C)(C)C1CC(=O)Oc2c1cc1c3c2CCCN3CC=C1. The molecular formula is C19H23NO2. The molecule has 0 N–H and O–H groups in total. The quantitative estimate of drug-likeness (QED) is 0.537. The molecule has 1 aromatic carbocycles. The summed E-state index contributed by atoms with van der Waals surface area (Å²) in [5.74, 6) is 1.03. The van der Waals surface area contributed by atoms with Gasteiger partial charge in [0.1, 0.15) is 5.75 Å². The monoisotopic (exact) mass is 297 g/mol. The number of nitrogens with zero attached hydrogens (tertiary/aromatic N) is 1. The average Bonchev–Trinajstić information content (AvgIpc) is 2.47. The van der Waals surface area contributed by atoms with Gasteiger partial charge in [-0.05, 0) is 29.9 Å². The lowest BCUT2D eigenvalue weighted by Crippen LogP contribution is -2.35. The highest BCUT2D eigenvalue weighted by atomic mass is 16.5. The number of hydrogen-bond acceptors (Lipinski definition) is 3. The molecule has 0 bridgehead atoms. The second-order valence-electron chi connectivity index (χ2n) is 7.76. The summed E-state index contributed by atoms with van der Waals surface area (Å²) in [6.07, 6.45) is 7.11. The first kappa shape index (κ1) is 13.9. The zero-order valence-corrected chi connectivity index (χ0v) is 13.6. The van der Waals surface area contributed by atoms with Crippen LogP contribution in [-0.4, -0.2) is 19.1 Å². The van der Waals surface area contributed by atoms with Crippen LogP contribution < -0.4 is 9.64 Å². The maximum absolute atomic E-state index is 12.2. The molecule has 4 rings (SSSR count). The molecule has 3 heteroatoms. The number of esters is 1.